The molecule has 0 amide bonds. The minimum atomic E-state index is 0.0108. The van der Waals surface area contributed by atoms with Gasteiger partial charge in [0.05, 0.1) is 0 Å². The number of benzene rings is 4. The van der Waals surface area contributed by atoms with Gasteiger partial charge in [-0.05, 0) is 57.1 Å². The van der Waals surface area contributed by atoms with E-state index in [1.54, 1.807) is 0 Å². The molecule has 1 N–H and O–H groups in total. The van der Waals surface area contributed by atoms with E-state index in [0.717, 1.165) is 5.69 Å². The largest absolute Gasteiger partial charge is 0.355 e. The van der Waals surface area contributed by atoms with Crippen LogP contribution in [-0.2, 0) is 10.8 Å². The van der Waals surface area contributed by atoms with Gasteiger partial charge in [-0.1, -0.05) is 94.4 Å². The molecule has 6 rings (SSSR count). The molecule has 0 heterocycles. The quantitative estimate of drug-likeness (QED) is 0.358. The number of hydrogen-bond acceptors (Lipinski definition) is 1. The van der Waals surface area contributed by atoms with Crippen LogP contribution in [-0.4, -0.2) is 0 Å². The molecule has 0 spiro atoms. The van der Waals surface area contributed by atoms with Crippen LogP contribution in [0.5, 0.6) is 0 Å². The van der Waals surface area contributed by atoms with E-state index in [0.29, 0.717) is 0 Å². The van der Waals surface area contributed by atoms with Crippen LogP contribution in [0.3, 0.4) is 0 Å². The van der Waals surface area contributed by atoms with Crippen molar-refractivity contribution in [2.24, 2.45) is 0 Å². The van der Waals surface area contributed by atoms with E-state index in [9.17, 15) is 0 Å². The van der Waals surface area contributed by atoms with Crippen molar-refractivity contribution in [3.8, 4) is 22.3 Å². The smallest absolute Gasteiger partial charge is 0.0467 e. The third-order valence-electron chi connectivity index (χ3n) is 7.47. The second kappa shape index (κ2) is 6.11. The average Bonchev–Trinajstić information content (AvgIpc) is 3.15. The van der Waals surface area contributed by atoms with Crippen molar-refractivity contribution >= 4 is 11.4 Å². The molecule has 1 heteroatoms. The fourth-order valence-corrected chi connectivity index (χ4v) is 5.80. The standard InChI is InChI=1S/C30H27N/c1-29(2)24-13-8-6-11-22(24)28-25(29)14-9-15-27(28)31-19-16-17-21-20-10-5-7-12-23(20)30(3,4)26(21)18-19/h5-18,31H,1-4H3. The Kier molecular flexibility index (Phi) is 3.63. The van der Waals surface area contributed by atoms with Crippen LogP contribution >= 0.6 is 0 Å². The predicted molar refractivity (Wildman–Crippen MR) is 131 cm³/mol. The highest BCUT2D eigenvalue weighted by atomic mass is 14.9. The predicted octanol–water partition coefficient (Wildman–Crippen LogP) is 8.04. The van der Waals surface area contributed by atoms with Gasteiger partial charge >= 0.3 is 0 Å². The second-order valence-electron chi connectivity index (χ2n) is 9.95. The first-order valence-corrected chi connectivity index (χ1v) is 11.1. The molecule has 0 fully saturated rings. The van der Waals surface area contributed by atoms with E-state index in [4.69, 9.17) is 0 Å². The van der Waals surface area contributed by atoms with E-state index in [2.05, 4.69) is 118 Å². The molecule has 2 aliphatic rings. The molecule has 0 saturated heterocycles. The number of hydrogen-bond donors (Lipinski definition) is 1. The van der Waals surface area contributed by atoms with Gasteiger partial charge in [-0.15, -0.1) is 0 Å². The molecule has 4 aromatic rings. The Morgan fingerprint density at radius 3 is 1.87 bits per heavy atom. The summed E-state index contributed by atoms with van der Waals surface area (Å²) in [7, 11) is 0. The molecular weight excluding hydrogens is 374 g/mol. The molecule has 0 unspecified atom stereocenters. The summed E-state index contributed by atoms with van der Waals surface area (Å²) in [6, 6.07) is 31.2. The second-order valence-corrected chi connectivity index (χ2v) is 9.95. The van der Waals surface area contributed by atoms with Gasteiger partial charge in [0.1, 0.15) is 0 Å². The van der Waals surface area contributed by atoms with Crippen molar-refractivity contribution in [2.75, 3.05) is 5.32 Å². The van der Waals surface area contributed by atoms with Gasteiger partial charge in [0.2, 0.25) is 0 Å². The Balaban J connectivity index is 1.47. The fraction of sp³-hybridized carbons (Fsp3) is 0.200. The van der Waals surface area contributed by atoms with Crippen molar-refractivity contribution < 1.29 is 0 Å². The zero-order chi connectivity index (χ0) is 21.4. The molecule has 4 aromatic carbocycles. The molecule has 0 saturated carbocycles. The van der Waals surface area contributed by atoms with E-state index >= 15 is 0 Å². The molecular formula is C30H27N. The maximum absolute atomic E-state index is 3.78. The van der Waals surface area contributed by atoms with Crippen molar-refractivity contribution in [1.82, 2.24) is 0 Å². The van der Waals surface area contributed by atoms with Crippen molar-refractivity contribution in [1.29, 1.82) is 0 Å². The lowest BCUT2D eigenvalue weighted by atomic mass is 9.82. The van der Waals surface area contributed by atoms with Crippen molar-refractivity contribution in [3.05, 3.63) is 107 Å². The first kappa shape index (κ1) is 18.4. The van der Waals surface area contributed by atoms with Crippen LogP contribution in [0.2, 0.25) is 0 Å². The van der Waals surface area contributed by atoms with Crippen LogP contribution in [0, 0.1) is 0 Å². The first-order chi connectivity index (χ1) is 14.9. The van der Waals surface area contributed by atoms with Crippen molar-refractivity contribution in [3.63, 3.8) is 0 Å². The molecule has 0 radical (unpaired) electrons. The van der Waals surface area contributed by atoms with Gasteiger partial charge in [-0.25, -0.2) is 0 Å². The number of fused-ring (bicyclic) bond motifs is 6. The third-order valence-corrected chi connectivity index (χ3v) is 7.47. The lowest BCUT2D eigenvalue weighted by molar-refractivity contribution is 0.660. The van der Waals surface area contributed by atoms with Crippen LogP contribution < -0.4 is 5.32 Å². The summed E-state index contributed by atoms with van der Waals surface area (Å²) in [6.07, 6.45) is 0. The minimum Gasteiger partial charge on any atom is -0.355 e. The van der Waals surface area contributed by atoms with E-state index in [-0.39, 0.29) is 10.8 Å². The minimum absolute atomic E-state index is 0.0108. The normalized spacial score (nSPS) is 16.3. The average molecular weight is 402 g/mol. The molecule has 152 valence electrons. The highest BCUT2D eigenvalue weighted by molar-refractivity contribution is 5.91. The summed E-state index contributed by atoms with van der Waals surface area (Å²) in [5.41, 5.74) is 13.4. The SMILES string of the molecule is CC1(C)c2ccccc2-c2ccc(Nc3cccc4c3-c3ccccc3C4(C)C)cc21. The Hall–Kier alpha value is -3.32. The zero-order valence-corrected chi connectivity index (χ0v) is 18.6. The molecule has 0 atom stereocenters. The summed E-state index contributed by atoms with van der Waals surface area (Å²) in [6.45, 7) is 9.33. The summed E-state index contributed by atoms with van der Waals surface area (Å²) in [4.78, 5) is 0. The maximum atomic E-state index is 3.78. The summed E-state index contributed by atoms with van der Waals surface area (Å²) >= 11 is 0. The van der Waals surface area contributed by atoms with Gasteiger partial charge in [-0.2, -0.15) is 0 Å². The van der Waals surface area contributed by atoms with E-state index in [1.165, 1.54) is 50.2 Å². The zero-order valence-electron chi connectivity index (χ0n) is 18.6. The number of rotatable bonds is 2. The van der Waals surface area contributed by atoms with Gasteiger partial charge in [0.25, 0.3) is 0 Å². The topological polar surface area (TPSA) is 12.0 Å². The van der Waals surface area contributed by atoms with Crippen LogP contribution in [0.1, 0.15) is 49.9 Å². The summed E-state index contributed by atoms with van der Waals surface area (Å²) in [5, 5.41) is 3.78. The van der Waals surface area contributed by atoms with Crippen molar-refractivity contribution in [2.45, 2.75) is 38.5 Å². The molecule has 2 aliphatic carbocycles. The molecule has 0 aliphatic heterocycles. The molecule has 0 aromatic heterocycles. The molecule has 0 bridgehead atoms. The fourth-order valence-electron chi connectivity index (χ4n) is 5.80. The van der Waals surface area contributed by atoms with Crippen LogP contribution in [0.25, 0.3) is 22.3 Å². The van der Waals surface area contributed by atoms with E-state index in [1.807, 2.05) is 0 Å². The lowest BCUT2D eigenvalue weighted by Crippen LogP contribution is -2.15. The third kappa shape index (κ3) is 2.44. The molecule has 31 heavy (non-hydrogen) atoms. The highest BCUT2D eigenvalue weighted by Crippen LogP contribution is 2.52. The Morgan fingerprint density at radius 1 is 0.516 bits per heavy atom. The first-order valence-electron chi connectivity index (χ1n) is 11.1. The summed E-state index contributed by atoms with van der Waals surface area (Å²) in [5.74, 6) is 0. The van der Waals surface area contributed by atoms with Crippen LogP contribution in [0.4, 0.5) is 11.4 Å². The summed E-state index contributed by atoms with van der Waals surface area (Å²) < 4.78 is 0. The van der Waals surface area contributed by atoms with Gasteiger partial charge in [-0.3, -0.25) is 0 Å². The Bertz CT molecular complexity index is 1360. The Morgan fingerprint density at radius 2 is 1.10 bits per heavy atom. The van der Waals surface area contributed by atoms with Gasteiger partial charge in [0, 0.05) is 27.8 Å². The molecule has 1 nitrogen and oxygen atoms in total. The monoisotopic (exact) mass is 401 g/mol. The maximum Gasteiger partial charge on any atom is 0.0467 e. The van der Waals surface area contributed by atoms with E-state index < -0.39 is 0 Å². The number of nitrogens with one attached hydrogen (secondary N) is 1. The highest BCUT2D eigenvalue weighted by Gasteiger charge is 2.37. The van der Waals surface area contributed by atoms with Gasteiger partial charge in [0.15, 0.2) is 0 Å². The Labute approximate surface area is 184 Å². The number of anilines is 2. The van der Waals surface area contributed by atoms with Gasteiger partial charge < -0.3 is 5.32 Å². The lowest BCUT2D eigenvalue weighted by Gasteiger charge is -2.23. The van der Waals surface area contributed by atoms with Crippen LogP contribution in [0.15, 0.2) is 84.9 Å².